The summed E-state index contributed by atoms with van der Waals surface area (Å²) in [7, 11) is 0. The van der Waals surface area contributed by atoms with Crippen molar-refractivity contribution in [3.05, 3.63) is 35.4 Å². The van der Waals surface area contributed by atoms with Crippen LogP contribution < -0.4 is 5.32 Å². The summed E-state index contributed by atoms with van der Waals surface area (Å²) >= 11 is 3.43. The zero-order chi connectivity index (χ0) is 15.9. The lowest BCUT2D eigenvalue weighted by atomic mass is 10.0. The van der Waals surface area contributed by atoms with Gasteiger partial charge in [0.1, 0.15) is 0 Å². The van der Waals surface area contributed by atoms with Crippen LogP contribution >= 0.6 is 15.9 Å². The van der Waals surface area contributed by atoms with E-state index in [0.29, 0.717) is 5.92 Å². The van der Waals surface area contributed by atoms with E-state index in [1.54, 1.807) is 0 Å². The van der Waals surface area contributed by atoms with Crippen molar-refractivity contribution in [2.24, 2.45) is 5.92 Å². The second-order valence-corrected chi connectivity index (χ2v) is 7.08. The number of nitrogens with zero attached hydrogens (tertiary/aromatic N) is 1. The number of benzene rings is 1. The van der Waals surface area contributed by atoms with Crippen LogP contribution in [0.5, 0.6) is 0 Å². The quantitative estimate of drug-likeness (QED) is 0.776. The molecule has 1 N–H and O–H groups in total. The first-order chi connectivity index (χ1) is 10.6. The molecule has 0 aliphatic carbocycles. The van der Waals surface area contributed by atoms with E-state index in [0.717, 1.165) is 17.4 Å². The Hall–Kier alpha value is -0.870. The Bertz CT molecular complexity index is 466. The van der Waals surface area contributed by atoms with Crippen molar-refractivity contribution in [1.29, 1.82) is 0 Å². The van der Waals surface area contributed by atoms with Gasteiger partial charge in [-0.1, -0.05) is 48.3 Å². The van der Waals surface area contributed by atoms with E-state index in [-0.39, 0.29) is 11.9 Å². The first-order valence-electron chi connectivity index (χ1n) is 8.28. The average Bonchev–Trinajstić information content (AvgIpc) is 2.55. The van der Waals surface area contributed by atoms with E-state index >= 15 is 0 Å². The summed E-state index contributed by atoms with van der Waals surface area (Å²) in [5, 5.41) is 4.04. The molecule has 2 rings (SSSR count). The van der Waals surface area contributed by atoms with Gasteiger partial charge in [0.2, 0.25) is 0 Å². The highest BCUT2D eigenvalue weighted by Gasteiger charge is 2.21. The van der Waals surface area contributed by atoms with E-state index < -0.39 is 0 Å². The summed E-state index contributed by atoms with van der Waals surface area (Å²) < 4.78 is 0. The normalized spacial score (nSPS) is 17.5. The minimum absolute atomic E-state index is 0.0387. The molecule has 1 aromatic rings. The molecule has 122 valence electrons. The van der Waals surface area contributed by atoms with E-state index in [4.69, 9.17) is 0 Å². The minimum atomic E-state index is 0.0387. The van der Waals surface area contributed by atoms with Crippen LogP contribution in [0.1, 0.15) is 49.0 Å². The molecule has 1 heterocycles. The molecule has 1 saturated heterocycles. The number of piperidine rings is 1. The van der Waals surface area contributed by atoms with Crippen LogP contribution in [0.2, 0.25) is 0 Å². The first kappa shape index (κ1) is 17.5. The smallest absolute Gasteiger partial charge is 0.251 e. The maximum Gasteiger partial charge on any atom is 0.251 e. The van der Waals surface area contributed by atoms with Crippen molar-refractivity contribution in [1.82, 2.24) is 10.2 Å². The predicted molar refractivity (Wildman–Crippen MR) is 95.5 cm³/mol. The molecule has 0 bridgehead atoms. The SMILES string of the molecule is CC(C)[C@@H](CN1CCCCC1)NC(=O)c1ccc(CBr)cc1. The number of carbonyl (C=O) groups is 1. The van der Waals surface area contributed by atoms with Crippen molar-refractivity contribution < 1.29 is 4.79 Å². The van der Waals surface area contributed by atoms with E-state index in [2.05, 4.69) is 40.0 Å². The molecule has 1 aliphatic rings. The highest BCUT2D eigenvalue weighted by atomic mass is 79.9. The zero-order valence-electron chi connectivity index (χ0n) is 13.6. The van der Waals surface area contributed by atoms with Crippen LogP contribution in [0.15, 0.2) is 24.3 Å². The number of nitrogens with one attached hydrogen (secondary N) is 1. The summed E-state index contributed by atoms with van der Waals surface area (Å²) in [6, 6.07) is 8.02. The Balaban J connectivity index is 1.95. The van der Waals surface area contributed by atoms with Crippen molar-refractivity contribution in [3.63, 3.8) is 0 Å². The van der Waals surface area contributed by atoms with Crippen LogP contribution in [-0.4, -0.2) is 36.5 Å². The third kappa shape index (κ3) is 5.10. The summed E-state index contributed by atoms with van der Waals surface area (Å²) in [5.41, 5.74) is 1.93. The first-order valence-corrected chi connectivity index (χ1v) is 9.40. The Labute approximate surface area is 142 Å². The molecular formula is C18H27BrN2O. The molecule has 1 aliphatic heterocycles. The fourth-order valence-electron chi connectivity index (χ4n) is 2.84. The number of amides is 1. The van der Waals surface area contributed by atoms with Gasteiger partial charge in [0, 0.05) is 23.5 Å². The lowest BCUT2D eigenvalue weighted by Crippen LogP contribution is -2.48. The van der Waals surface area contributed by atoms with Gasteiger partial charge in [-0.3, -0.25) is 4.79 Å². The fourth-order valence-corrected chi connectivity index (χ4v) is 3.21. The minimum Gasteiger partial charge on any atom is -0.348 e. The third-order valence-electron chi connectivity index (χ3n) is 4.40. The Morgan fingerprint density at radius 1 is 1.18 bits per heavy atom. The number of rotatable bonds is 6. The number of halogens is 1. The molecule has 0 aromatic heterocycles. The van der Waals surface area contributed by atoms with E-state index in [9.17, 15) is 4.79 Å². The van der Waals surface area contributed by atoms with Gasteiger partial charge in [-0.15, -0.1) is 0 Å². The lowest BCUT2D eigenvalue weighted by Gasteiger charge is -2.32. The summed E-state index contributed by atoms with van der Waals surface area (Å²) in [4.78, 5) is 14.9. The number of hydrogen-bond donors (Lipinski definition) is 1. The van der Waals surface area contributed by atoms with Gasteiger partial charge in [-0.25, -0.2) is 0 Å². The number of hydrogen-bond acceptors (Lipinski definition) is 2. The van der Waals surface area contributed by atoms with Crippen LogP contribution in [0.3, 0.4) is 0 Å². The molecule has 0 radical (unpaired) electrons. The van der Waals surface area contributed by atoms with Crippen molar-refractivity contribution in [2.75, 3.05) is 19.6 Å². The van der Waals surface area contributed by atoms with Crippen molar-refractivity contribution in [2.45, 2.75) is 44.5 Å². The molecular weight excluding hydrogens is 340 g/mol. The van der Waals surface area contributed by atoms with Gasteiger partial charge in [-0.2, -0.15) is 0 Å². The van der Waals surface area contributed by atoms with Gasteiger partial charge in [0.25, 0.3) is 5.91 Å². The Morgan fingerprint density at radius 2 is 1.82 bits per heavy atom. The summed E-state index contributed by atoms with van der Waals surface area (Å²) in [6.07, 6.45) is 3.91. The zero-order valence-corrected chi connectivity index (χ0v) is 15.2. The van der Waals surface area contributed by atoms with Gasteiger partial charge in [0.05, 0.1) is 0 Å². The maximum atomic E-state index is 12.5. The van der Waals surface area contributed by atoms with Gasteiger partial charge in [0.15, 0.2) is 0 Å². The standard InChI is InChI=1S/C18H27BrN2O/c1-14(2)17(13-21-10-4-3-5-11-21)20-18(22)16-8-6-15(12-19)7-9-16/h6-9,14,17H,3-5,10-13H2,1-2H3,(H,20,22)/t17-/m1/s1. The monoisotopic (exact) mass is 366 g/mol. The fraction of sp³-hybridized carbons (Fsp3) is 0.611. The van der Waals surface area contributed by atoms with Crippen LogP contribution in [-0.2, 0) is 5.33 Å². The van der Waals surface area contributed by atoms with Crippen LogP contribution in [0.4, 0.5) is 0 Å². The summed E-state index contributed by atoms with van der Waals surface area (Å²) in [6.45, 7) is 7.66. The molecule has 4 heteroatoms. The molecule has 0 saturated carbocycles. The second-order valence-electron chi connectivity index (χ2n) is 6.52. The molecule has 0 spiro atoms. The van der Waals surface area contributed by atoms with E-state index in [1.165, 1.54) is 37.9 Å². The second kappa shape index (κ2) is 8.68. The Kier molecular flexibility index (Phi) is 6.90. The largest absolute Gasteiger partial charge is 0.348 e. The molecule has 1 aromatic carbocycles. The number of carbonyl (C=O) groups excluding carboxylic acids is 1. The number of alkyl halides is 1. The highest BCUT2D eigenvalue weighted by Crippen LogP contribution is 2.13. The van der Waals surface area contributed by atoms with Crippen LogP contribution in [0, 0.1) is 5.92 Å². The molecule has 1 atom stereocenters. The molecule has 22 heavy (non-hydrogen) atoms. The summed E-state index contributed by atoms with van der Waals surface area (Å²) in [5.74, 6) is 0.476. The van der Waals surface area contributed by atoms with Crippen molar-refractivity contribution >= 4 is 21.8 Å². The van der Waals surface area contributed by atoms with Gasteiger partial charge < -0.3 is 10.2 Å². The molecule has 3 nitrogen and oxygen atoms in total. The third-order valence-corrected chi connectivity index (χ3v) is 5.04. The van der Waals surface area contributed by atoms with Crippen molar-refractivity contribution in [3.8, 4) is 0 Å². The van der Waals surface area contributed by atoms with E-state index in [1.807, 2.05) is 24.3 Å². The maximum absolute atomic E-state index is 12.5. The highest BCUT2D eigenvalue weighted by molar-refractivity contribution is 9.08. The van der Waals surface area contributed by atoms with Crippen LogP contribution in [0.25, 0.3) is 0 Å². The predicted octanol–water partition coefficient (Wildman–Crippen LogP) is 3.82. The van der Waals surface area contributed by atoms with Gasteiger partial charge >= 0.3 is 0 Å². The molecule has 1 fully saturated rings. The molecule has 0 unspecified atom stereocenters. The molecule has 1 amide bonds. The topological polar surface area (TPSA) is 32.3 Å². The lowest BCUT2D eigenvalue weighted by molar-refractivity contribution is 0.0902. The van der Waals surface area contributed by atoms with Gasteiger partial charge in [-0.05, 0) is 49.5 Å². The number of likely N-dealkylation sites (tertiary alicyclic amines) is 1. The average molecular weight is 367 g/mol. The Morgan fingerprint density at radius 3 is 2.36 bits per heavy atom.